The Bertz CT molecular complexity index is 709. The lowest BCUT2D eigenvalue weighted by molar-refractivity contribution is 0.121. The summed E-state index contributed by atoms with van der Waals surface area (Å²) in [5, 5.41) is 0. The molecule has 2 aromatic carbocycles. The first-order valence-corrected chi connectivity index (χ1v) is 9.24. The molecular weight excluding hydrogens is 399 g/mol. The number of rotatable bonds is 5. The van der Waals surface area contributed by atoms with E-state index in [1.54, 1.807) is 31.4 Å². The topological polar surface area (TPSA) is 43.4 Å². The Morgan fingerprint density at radius 3 is 2.29 bits per heavy atom. The van der Waals surface area contributed by atoms with Crippen LogP contribution < -0.4 is 0 Å². The molecular formula is C16H17IO3S. The highest BCUT2D eigenvalue weighted by Gasteiger charge is 2.23. The lowest BCUT2D eigenvalue weighted by Crippen LogP contribution is -2.17. The fraction of sp³-hybridized carbons (Fsp3) is 0.250. The van der Waals surface area contributed by atoms with Crippen LogP contribution in [0.5, 0.6) is 0 Å². The van der Waals surface area contributed by atoms with Gasteiger partial charge in [0.15, 0.2) is 9.84 Å². The second kappa shape index (κ2) is 6.89. The molecule has 0 radical (unpaired) electrons. The Morgan fingerprint density at radius 1 is 1.10 bits per heavy atom. The number of benzene rings is 2. The average Bonchev–Trinajstić information content (AvgIpc) is 2.46. The second-order valence-corrected chi connectivity index (χ2v) is 8.04. The van der Waals surface area contributed by atoms with E-state index in [9.17, 15) is 8.42 Å². The van der Waals surface area contributed by atoms with Crippen LogP contribution in [0.4, 0.5) is 0 Å². The fourth-order valence-corrected chi connectivity index (χ4v) is 4.25. The highest BCUT2D eigenvalue weighted by atomic mass is 127. The summed E-state index contributed by atoms with van der Waals surface area (Å²) < 4.78 is 31.4. The summed E-state index contributed by atoms with van der Waals surface area (Å²) in [6.45, 7) is 1.93. The van der Waals surface area contributed by atoms with E-state index in [1.807, 2.05) is 31.2 Å². The van der Waals surface area contributed by atoms with E-state index in [2.05, 4.69) is 22.6 Å². The molecule has 0 aromatic heterocycles. The summed E-state index contributed by atoms with van der Waals surface area (Å²) in [5.74, 6) is -0.0629. The fourth-order valence-electron chi connectivity index (χ4n) is 2.06. The molecule has 0 bridgehead atoms. The van der Waals surface area contributed by atoms with E-state index in [-0.39, 0.29) is 5.75 Å². The lowest BCUT2D eigenvalue weighted by atomic mass is 10.1. The lowest BCUT2D eigenvalue weighted by Gasteiger charge is -2.17. The SMILES string of the molecule is CO[C@@H](CS(=O)(=O)c1ccc(C)cc1)c1ccccc1I. The smallest absolute Gasteiger partial charge is 0.181 e. The van der Waals surface area contributed by atoms with Crippen LogP contribution in [-0.2, 0) is 14.6 Å². The van der Waals surface area contributed by atoms with Crippen molar-refractivity contribution >= 4 is 32.4 Å². The van der Waals surface area contributed by atoms with Gasteiger partial charge in [-0.1, -0.05) is 35.9 Å². The van der Waals surface area contributed by atoms with E-state index in [0.29, 0.717) is 4.90 Å². The summed E-state index contributed by atoms with van der Waals surface area (Å²) in [6.07, 6.45) is -0.468. The third-order valence-electron chi connectivity index (χ3n) is 3.29. The molecule has 0 aliphatic heterocycles. The highest BCUT2D eigenvalue weighted by Crippen LogP contribution is 2.26. The van der Waals surface area contributed by atoms with Gasteiger partial charge in [-0.05, 0) is 53.3 Å². The van der Waals surface area contributed by atoms with E-state index in [0.717, 1.165) is 14.7 Å². The maximum Gasteiger partial charge on any atom is 0.181 e. The standard InChI is InChI=1S/C16H17IO3S/c1-12-7-9-13(10-8-12)21(18,19)11-16(20-2)14-5-3-4-6-15(14)17/h3-10,16H,11H2,1-2H3/t16-/m0/s1. The minimum absolute atomic E-state index is 0.0629. The second-order valence-electron chi connectivity index (χ2n) is 4.84. The summed E-state index contributed by atoms with van der Waals surface area (Å²) in [6, 6.07) is 14.6. The van der Waals surface area contributed by atoms with Gasteiger partial charge in [0.25, 0.3) is 0 Å². The van der Waals surface area contributed by atoms with Crippen molar-refractivity contribution in [2.45, 2.75) is 17.9 Å². The number of sulfone groups is 1. The van der Waals surface area contributed by atoms with Crippen LogP contribution in [-0.4, -0.2) is 21.3 Å². The Kier molecular flexibility index (Phi) is 5.40. The number of halogens is 1. The van der Waals surface area contributed by atoms with E-state index >= 15 is 0 Å². The highest BCUT2D eigenvalue weighted by molar-refractivity contribution is 14.1. The normalized spacial score (nSPS) is 13.1. The largest absolute Gasteiger partial charge is 0.376 e. The van der Waals surface area contributed by atoms with Gasteiger partial charge in [-0.2, -0.15) is 0 Å². The molecule has 0 saturated carbocycles. The number of hydrogen-bond acceptors (Lipinski definition) is 3. The molecule has 0 fully saturated rings. The number of methoxy groups -OCH3 is 1. The van der Waals surface area contributed by atoms with Crippen molar-refractivity contribution in [1.29, 1.82) is 0 Å². The summed E-state index contributed by atoms with van der Waals surface area (Å²) in [7, 11) is -1.84. The monoisotopic (exact) mass is 416 g/mol. The predicted molar refractivity (Wildman–Crippen MR) is 92.1 cm³/mol. The minimum Gasteiger partial charge on any atom is -0.376 e. The Labute approximate surface area is 139 Å². The number of hydrogen-bond donors (Lipinski definition) is 0. The minimum atomic E-state index is -3.38. The van der Waals surface area contributed by atoms with Crippen molar-refractivity contribution < 1.29 is 13.2 Å². The predicted octanol–water partition coefficient (Wildman–Crippen LogP) is 3.76. The molecule has 0 saturated heterocycles. The third-order valence-corrected chi connectivity index (χ3v) is 6.00. The van der Waals surface area contributed by atoms with Crippen LogP contribution in [0, 0.1) is 10.5 Å². The van der Waals surface area contributed by atoms with Crippen molar-refractivity contribution in [3.63, 3.8) is 0 Å². The molecule has 0 unspecified atom stereocenters. The molecule has 21 heavy (non-hydrogen) atoms. The summed E-state index contributed by atoms with van der Waals surface area (Å²) in [5.41, 5.74) is 1.94. The van der Waals surface area contributed by atoms with Crippen LogP contribution in [0.25, 0.3) is 0 Å². The molecule has 3 nitrogen and oxygen atoms in total. The Balaban J connectivity index is 2.30. The molecule has 2 rings (SSSR count). The van der Waals surface area contributed by atoms with Crippen molar-refractivity contribution in [3.8, 4) is 0 Å². The van der Waals surface area contributed by atoms with Gasteiger partial charge in [0.1, 0.15) is 0 Å². The maximum absolute atomic E-state index is 12.5. The van der Waals surface area contributed by atoms with Gasteiger partial charge in [-0.3, -0.25) is 0 Å². The van der Waals surface area contributed by atoms with Crippen LogP contribution in [0.2, 0.25) is 0 Å². The van der Waals surface area contributed by atoms with Crippen LogP contribution in [0.3, 0.4) is 0 Å². The molecule has 0 N–H and O–H groups in total. The number of ether oxygens (including phenoxy) is 1. The van der Waals surface area contributed by atoms with Crippen LogP contribution in [0.1, 0.15) is 17.2 Å². The van der Waals surface area contributed by atoms with Crippen molar-refractivity contribution in [2.24, 2.45) is 0 Å². The quantitative estimate of drug-likeness (QED) is 0.698. The summed E-state index contributed by atoms with van der Waals surface area (Å²) >= 11 is 2.19. The number of aryl methyl sites for hydroxylation is 1. The average molecular weight is 416 g/mol. The van der Waals surface area contributed by atoms with Gasteiger partial charge in [-0.15, -0.1) is 0 Å². The van der Waals surface area contributed by atoms with E-state index in [4.69, 9.17) is 4.74 Å². The van der Waals surface area contributed by atoms with Crippen LogP contribution in [0.15, 0.2) is 53.4 Å². The zero-order chi connectivity index (χ0) is 15.5. The molecule has 1 atom stereocenters. The van der Waals surface area contributed by atoms with Crippen molar-refractivity contribution in [2.75, 3.05) is 12.9 Å². The molecule has 0 aliphatic carbocycles. The molecule has 0 aliphatic rings. The van der Waals surface area contributed by atoms with Crippen molar-refractivity contribution in [1.82, 2.24) is 0 Å². The molecule has 2 aromatic rings. The Morgan fingerprint density at radius 2 is 1.71 bits per heavy atom. The van der Waals surface area contributed by atoms with Crippen LogP contribution >= 0.6 is 22.6 Å². The van der Waals surface area contributed by atoms with E-state index in [1.165, 1.54) is 0 Å². The first-order chi connectivity index (χ1) is 9.94. The van der Waals surface area contributed by atoms with Gasteiger partial charge in [-0.25, -0.2) is 8.42 Å². The zero-order valence-corrected chi connectivity index (χ0v) is 14.9. The molecule has 0 spiro atoms. The van der Waals surface area contributed by atoms with E-state index < -0.39 is 15.9 Å². The Hall–Kier alpha value is -0.920. The zero-order valence-electron chi connectivity index (χ0n) is 11.9. The first-order valence-electron chi connectivity index (χ1n) is 6.50. The van der Waals surface area contributed by atoms with Gasteiger partial charge in [0, 0.05) is 10.7 Å². The molecule has 0 heterocycles. The van der Waals surface area contributed by atoms with Gasteiger partial charge in [0.05, 0.1) is 16.8 Å². The van der Waals surface area contributed by atoms with Gasteiger partial charge < -0.3 is 4.74 Å². The molecule has 112 valence electrons. The maximum atomic E-state index is 12.5. The molecule has 0 amide bonds. The third kappa shape index (κ3) is 4.05. The summed E-state index contributed by atoms with van der Waals surface area (Å²) in [4.78, 5) is 0.334. The first kappa shape index (κ1) is 16.5. The molecule has 5 heteroatoms. The van der Waals surface area contributed by atoms with Gasteiger partial charge in [0.2, 0.25) is 0 Å². The van der Waals surface area contributed by atoms with Crippen molar-refractivity contribution in [3.05, 3.63) is 63.2 Å². The van der Waals surface area contributed by atoms with Gasteiger partial charge >= 0.3 is 0 Å².